The van der Waals surface area contributed by atoms with Crippen molar-refractivity contribution in [1.29, 1.82) is 0 Å². The Balaban J connectivity index is 3.80. The van der Waals surface area contributed by atoms with E-state index in [-0.39, 0.29) is 24.9 Å². The van der Waals surface area contributed by atoms with Crippen LogP contribution in [0.3, 0.4) is 0 Å². The largest absolute Gasteiger partial charge is 0.346 e. The quantitative estimate of drug-likeness (QED) is 0.647. The van der Waals surface area contributed by atoms with E-state index < -0.39 is 0 Å². The van der Waals surface area contributed by atoms with Crippen molar-refractivity contribution in [3.8, 4) is 0 Å². The fraction of sp³-hybridized carbons (Fsp3) is 0.833. The van der Waals surface area contributed by atoms with Gasteiger partial charge in [0.1, 0.15) is 0 Å². The molecule has 0 fully saturated rings. The van der Waals surface area contributed by atoms with Crippen LogP contribution in [-0.4, -0.2) is 48.9 Å². The first-order valence-electron chi connectivity index (χ1n) is 6.32. The molecule has 2 amide bonds. The molecule has 17 heavy (non-hydrogen) atoms. The SMILES string of the molecule is CCC(C)NCC(=O)NCC(=O)N(CC)CC. The Hall–Kier alpha value is -1.10. The van der Waals surface area contributed by atoms with Gasteiger partial charge in [0.15, 0.2) is 0 Å². The molecule has 0 radical (unpaired) electrons. The molecule has 0 aromatic heterocycles. The van der Waals surface area contributed by atoms with E-state index >= 15 is 0 Å². The molecule has 0 aromatic carbocycles. The highest BCUT2D eigenvalue weighted by Crippen LogP contribution is 1.88. The first-order chi connectivity index (χ1) is 8.04. The average Bonchev–Trinajstić information content (AvgIpc) is 2.34. The molecular weight excluding hydrogens is 218 g/mol. The normalized spacial score (nSPS) is 12.0. The topological polar surface area (TPSA) is 61.4 Å². The fourth-order valence-electron chi connectivity index (χ4n) is 1.34. The van der Waals surface area contributed by atoms with Gasteiger partial charge in [0.2, 0.25) is 11.8 Å². The van der Waals surface area contributed by atoms with Gasteiger partial charge in [-0.3, -0.25) is 9.59 Å². The summed E-state index contributed by atoms with van der Waals surface area (Å²) in [6.07, 6.45) is 0.978. The molecule has 0 saturated carbocycles. The average molecular weight is 243 g/mol. The van der Waals surface area contributed by atoms with E-state index in [4.69, 9.17) is 0 Å². The van der Waals surface area contributed by atoms with Crippen LogP contribution in [0.4, 0.5) is 0 Å². The van der Waals surface area contributed by atoms with Gasteiger partial charge in [0, 0.05) is 19.1 Å². The first kappa shape index (κ1) is 15.9. The second-order valence-corrected chi connectivity index (χ2v) is 4.03. The van der Waals surface area contributed by atoms with Crippen LogP contribution in [0, 0.1) is 0 Å². The summed E-state index contributed by atoms with van der Waals surface area (Å²) in [6.45, 7) is 9.63. The van der Waals surface area contributed by atoms with Crippen molar-refractivity contribution in [2.45, 2.75) is 40.2 Å². The number of carbonyl (C=O) groups excluding carboxylic acids is 2. The molecule has 1 atom stereocenters. The minimum absolute atomic E-state index is 0.0353. The molecule has 5 nitrogen and oxygen atoms in total. The number of amides is 2. The van der Waals surface area contributed by atoms with Gasteiger partial charge in [-0.25, -0.2) is 0 Å². The maximum Gasteiger partial charge on any atom is 0.241 e. The molecule has 1 unspecified atom stereocenters. The lowest BCUT2D eigenvalue weighted by atomic mass is 10.2. The molecule has 0 rings (SSSR count). The minimum Gasteiger partial charge on any atom is -0.346 e. The van der Waals surface area contributed by atoms with Crippen LogP contribution in [0.1, 0.15) is 34.1 Å². The minimum atomic E-state index is -0.134. The molecule has 0 bridgehead atoms. The molecule has 0 saturated heterocycles. The number of carbonyl (C=O) groups is 2. The van der Waals surface area contributed by atoms with Crippen molar-refractivity contribution in [3.05, 3.63) is 0 Å². The highest BCUT2D eigenvalue weighted by Gasteiger charge is 2.10. The van der Waals surface area contributed by atoms with E-state index in [0.717, 1.165) is 6.42 Å². The Morgan fingerprint density at radius 3 is 2.18 bits per heavy atom. The number of nitrogens with one attached hydrogen (secondary N) is 2. The summed E-state index contributed by atoms with van der Waals surface area (Å²) in [7, 11) is 0. The molecule has 0 aliphatic carbocycles. The third-order valence-electron chi connectivity index (χ3n) is 2.78. The van der Waals surface area contributed by atoms with Gasteiger partial charge in [-0.2, -0.15) is 0 Å². The number of likely N-dealkylation sites (N-methyl/N-ethyl adjacent to an activating group) is 1. The smallest absolute Gasteiger partial charge is 0.241 e. The Kier molecular flexibility index (Phi) is 8.40. The summed E-state index contributed by atoms with van der Waals surface area (Å²) in [5.41, 5.74) is 0. The van der Waals surface area contributed by atoms with Gasteiger partial charge >= 0.3 is 0 Å². The maximum absolute atomic E-state index is 11.6. The van der Waals surface area contributed by atoms with E-state index in [1.807, 2.05) is 20.8 Å². The molecule has 0 aliphatic rings. The van der Waals surface area contributed by atoms with E-state index in [2.05, 4.69) is 17.6 Å². The molecule has 0 aliphatic heterocycles. The van der Waals surface area contributed by atoms with Crippen LogP contribution >= 0.6 is 0 Å². The van der Waals surface area contributed by atoms with E-state index in [1.54, 1.807) is 4.90 Å². The zero-order valence-corrected chi connectivity index (χ0v) is 11.4. The summed E-state index contributed by atoms with van der Waals surface area (Å²) in [5, 5.41) is 5.69. The second-order valence-electron chi connectivity index (χ2n) is 4.03. The summed E-state index contributed by atoms with van der Waals surface area (Å²) < 4.78 is 0. The van der Waals surface area contributed by atoms with Gasteiger partial charge in [-0.1, -0.05) is 6.92 Å². The highest BCUT2D eigenvalue weighted by molar-refractivity contribution is 5.85. The third kappa shape index (κ3) is 6.94. The zero-order valence-electron chi connectivity index (χ0n) is 11.4. The van der Waals surface area contributed by atoms with Crippen molar-refractivity contribution in [2.75, 3.05) is 26.2 Å². The first-order valence-corrected chi connectivity index (χ1v) is 6.32. The lowest BCUT2D eigenvalue weighted by molar-refractivity contribution is -0.132. The molecule has 100 valence electrons. The highest BCUT2D eigenvalue weighted by atomic mass is 16.2. The third-order valence-corrected chi connectivity index (χ3v) is 2.78. The predicted molar refractivity (Wildman–Crippen MR) is 68.7 cm³/mol. The van der Waals surface area contributed by atoms with E-state index in [1.165, 1.54) is 0 Å². The molecule has 0 heterocycles. The Morgan fingerprint density at radius 2 is 1.71 bits per heavy atom. The molecule has 0 aromatic rings. The van der Waals surface area contributed by atoms with Gasteiger partial charge in [-0.15, -0.1) is 0 Å². The van der Waals surface area contributed by atoms with Crippen LogP contribution in [0.25, 0.3) is 0 Å². The van der Waals surface area contributed by atoms with Gasteiger partial charge < -0.3 is 15.5 Å². The lowest BCUT2D eigenvalue weighted by Gasteiger charge is -2.19. The summed E-state index contributed by atoms with van der Waals surface area (Å²) >= 11 is 0. The number of rotatable bonds is 8. The maximum atomic E-state index is 11.6. The van der Waals surface area contributed by atoms with Crippen molar-refractivity contribution in [3.63, 3.8) is 0 Å². The van der Waals surface area contributed by atoms with Crippen molar-refractivity contribution >= 4 is 11.8 Å². The number of nitrogens with zero attached hydrogens (tertiary/aromatic N) is 1. The van der Waals surface area contributed by atoms with Crippen LogP contribution < -0.4 is 10.6 Å². The summed E-state index contributed by atoms with van der Waals surface area (Å²) in [5.74, 6) is -0.169. The lowest BCUT2D eigenvalue weighted by Crippen LogP contribution is -2.43. The predicted octanol–water partition coefficient (Wildman–Crippen LogP) is 0.359. The standard InChI is InChI=1S/C12H25N3O2/c1-5-10(4)13-8-11(16)14-9-12(17)15(6-2)7-3/h10,13H,5-9H2,1-4H3,(H,14,16). The summed E-state index contributed by atoms with van der Waals surface area (Å²) in [6, 6.07) is 0.319. The van der Waals surface area contributed by atoms with Gasteiger partial charge in [0.25, 0.3) is 0 Å². The zero-order chi connectivity index (χ0) is 13.3. The van der Waals surface area contributed by atoms with Crippen molar-refractivity contribution < 1.29 is 9.59 Å². The van der Waals surface area contributed by atoms with E-state index in [0.29, 0.717) is 19.1 Å². The molecule has 5 heteroatoms. The van der Waals surface area contributed by atoms with Crippen LogP contribution in [0.15, 0.2) is 0 Å². The van der Waals surface area contributed by atoms with Crippen LogP contribution in [-0.2, 0) is 9.59 Å². The Morgan fingerprint density at radius 1 is 1.12 bits per heavy atom. The number of hydrogen-bond donors (Lipinski definition) is 2. The van der Waals surface area contributed by atoms with E-state index in [9.17, 15) is 9.59 Å². The van der Waals surface area contributed by atoms with Crippen LogP contribution in [0.5, 0.6) is 0 Å². The molecule has 2 N–H and O–H groups in total. The molecular formula is C12H25N3O2. The summed E-state index contributed by atoms with van der Waals surface area (Å²) in [4.78, 5) is 24.7. The monoisotopic (exact) mass is 243 g/mol. The van der Waals surface area contributed by atoms with Gasteiger partial charge in [-0.05, 0) is 27.2 Å². The van der Waals surface area contributed by atoms with Crippen molar-refractivity contribution in [2.24, 2.45) is 0 Å². The van der Waals surface area contributed by atoms with Crippen LogP contribution in [0.2, 0.25) is 0 Å². The number of hydrogen-bond acceptors (Lipinski definition) is 3. The fourth-order valence-corrected chi connectivity index (χ4v) is 1.34. The second kappa shape index (κ2) is 8.98. The Bertz CT molecular complexity index is 240. The molecule has 0 spiro atoms. The van der Waals surface area contributed by atoms with Crippen molar-refractivity contribution in [1.82, 2.24) is 15.5 Å². The Labute approximate surface area is 104 Å². The van der Waals surface area contributed by atoms with Gasteiger partial charge in [0.05, 0.1) is 13.1 Å².